The number of carbonyl (C=O) groups excluding carboxylic acids is 8. The number of amides is 8. The number of rotatable bonds is 29. The molecule has 1 aliphatic heterocycles. The van der Waals surface area contributed by atoms with Crippen LogP contribution in [0.1, 0.15) is 130 Å². The third-order valence-electron chi connectivity index (χ3n) is 9.84. The molecular weight excluding hydrogens is 718 g/mol. The SMILES string of the molecule is CCC(C)(C)C1CC(=O)N(CCC(=O)NCCCCCN(O)C(=O)CCC(=O)NCCCCCN(O)C(=O)CCC(=O)NCCCCCN(O)C(C)=O)C1=O. The minimum absolute atomic E-state index is 0.0282. The number of nitrogens with zero attached hydrogens (tertiary/aromatic N) is 4. The zero-order valence-corrected chi connectivity index (χ0v) is 33.2. The Labute approximate surface area is 324 Å². The first-order chi connectivity index (χ1) is 26.0. The summed E-state index contributed by atoms with van der Waals surface area (Å²) in [6.45, 7) is 8.74. The Hall–Kier alpha value is -4.16. The number of imide groups is 1. The fourth-order valence-corrected chi connectivity index (χ4v) is 5.73. The van der Waals surface area contributed by atoms with Crippen LogP contribution in [-0.2, 0) is 38.4 Å². The molecule has 314 valence electrons. The van der Waals surface area contributed by atoms with Gasteiger partial charge in [0, 0.05) is 91.3 Å². The van der Waals surface area contributed by atoms with Crippen LogP contribution in [0.25, 0.3) is 0 Å². The molecule has 6 N–H and O–H groups in total. The first-order valence-corrected chi connectivity index (χ1v) is 19.6. The average Bonchev–Trinajstić information content (AvgIpc) is 3.44. The Morgan fingerprint density at radius 1 is 0.636 bits per heavy atom. The van der Waals surface area contributed by atoms with Gasteiger partial charge < -0.3 is 16.0 Å². The van der Waals surface area contributed by atoms with Crippen LogP contribution in [0, 0.1) is 11.3 Å². The van der Waals surface area contributed by atoms with Gasteiger partial charge in [0.25, 0.3) is 0 Å². The normalized spacial score (nSPS) is 14.1. The summed E-state index contributed by atoms with van der Waals surface area (Å²) in [5.41, 5.74) is -0.284. The second-order valence-corrected chi connectivity index (χ2v) is 14.6. The molecule has 0 aromatic carbocycles. The molecule has 0 bridgehead atoms. The van der Waals surface area contributed by atoms with Crippen molar-refractivity contribution in [2.75, 3.05) is 45.8 Å². The highest BCUT2D eigenvalue weighted by Crippen LogP contribution is 2.38. The van der Waals surface area contributed by atoms with E-state index in [-0.39, 0.29) is 106 Å². The van der Waals surface area contributed by atoms with Crippen LogP contribution in [0.2, 0.25) is 0 Å². The Morgan fingerprint density at radius 3 is 1.44 bits per heavy atom. The number of likely N-dealkylation sites (tertiary alicyclic amines) is 1. The second-order valence-electron chi connectivity index (χ2n) is 14.6. The molecule has 0 aromatic rings. The van der Waals surface area contributed by atoms with E-state index in [0.29, 0.717) is 92.6 Å². The summed E-state index contributed by atoms with van der Waals surface area (Å²) in [7, 11) is 0. The molecule has 1 rings (SSSR count). The van der Waals surface area contributed by atoms with Gasteiger partial charge in [-0.15, -0.1) is 0 Å². The van der Waals surface area contributed by atoms with Gasteiger partial charge in [0.1, 0.15) is 0 Å². The minimum Gasteiger partial charge on any atom is -0.356 e. The van der Waals surface area contributed by atoms with E-state index in [0.717, 1.165) is 6.42 Å². The number of nitrogens with one attached hydrogen (secondary N) is 3. The quantitative estimate of drug-likeness (QED) is 0.0278. The van der Waals surface area contributed by atoms with Crippen LogP contribution >= 0.6 is 0 Å². The predicted molar refractivity (Wildman–Crippen MR) is 199 cm³/mol. The molecule has 1 saturated heterocycles. The third-order valence-corrected chi connectivity index (χ3v) is 9.84. The largest absolute Gasteiger partial charge is 0.356 e. The van der Waals surface area contributed by atoms with Crippen LogP contribution in [0.5, 0.6) is 0 Å². The molecule has 0 aromatic heterocycles. The van der Waals surface area contributed by atoms with Gasteiger partial charge in [0.05, 0.1) is 5.92 Å². The maximum absolute atomic E-state index is 12.7. The molecule has 1 heterocycles. The zero-order chi connectivity index (χ0) is 41.4. The van der Waals surface area contributed by atoms with Crippen molar-refractivity contribution in [3.63, 3.8) is 0 Å². The molecule has 0 aliphatic carbocycles. The van der Waals surface area contributed by atoms with E-state index in [2.05, 4.69) is 16.0 Å². The van der Waals surface area contributed by atoms with Gasteiger partial charge in [0.15, 0.2) is 0 Å². The fourth-order valence-electron chi connectivity index (χ4n) is 5.73. The van der Waals surface area contributed by atoms with E-state index in [4.69, 9.17) is 0 Å². The highest BCUT2D eigenvalue weighted by molar-refractivity contribution is 6.04. The second kappa shape index (κ2) is 26.6. The lowest BCUT2D eigenvalue weighted by Gasteiger charge is -2.28. The molecule has 18 nitrogen and oxygen atoms in total. The Bertz CT molecular complexity index is 1280. The monoisotopic (exact) mass is 783 g/mol. The lowest BCUT2D eigenvalue weighted by molar-refractivity contribution is -0.166. The maximum Gasteiger partial charge on any atom is 0.246 e. The minimum atomic E-state index is -0.582. The lowest BCUT2D eigenvalue weighted by Crippen LogP contribution is -2.37. The molecule has 1 atom stereocenters. The molecule has 55 heavy (non-hydrogen) atoms. The van der Waals surface area contributed by atoms with Gasteiger partial charge in [-0.05, 0) is 63.2 Å². The number of hydrogen-bond donors (Lipinski definition) is 6. The Morgan fingerprint density at radius 2 is 1.04 bits per heavy atom. The predicted octanol–water partition coefficient (Wildman–Crippen LogP) is 2.28. The summed E-state index contributed by atoms with van der Waals surface area (Å²) in [5, 5.41) is 39.2. The Balaban J connectivity index is 2.04. The summed E-state index contributed by atoms with van der Waals surface area (Å²) in [6.07, 6.45) is 5.84. The summed E-state index contributed by atoms with van der Waals surface area (Å²) in [6, 6.07) is 0. The highest BCUT2D eigenvalue weighted by Gasteiger charge is 2.45. The average molecular weight is 784 g/mol. The number of hydroxylamine groups is 6. The number of carbonyl (C=O) groups is 8. The van der Waals surface area contributed by atoms with E-state index in [9.17, 15) is 54.0 Å². The molecule has 1 fully saturated rings. The highest BCUT2D eigenvalue weighted by atomic mass is 16.5. The molecule has 18 heteroatoms. The van der Waals surface area contributed by atoms with Crippen molar-refractivity contribution in [3.8, 4) is 0 Å². The van der Waals surface area contributed by atoms with Gasteiger partial charge in [0.2, 0.25) is 47.3 Å². The molecule has 0 radical (unpaired) electrons. The van der Waals surface area contributed by atoms with Crippen LogP contribution in [0.15, 0.2) is 0 Å². The Kier molecular flexibility index (Phi) is 23.6. The van der Waals surface area contributed by atoms with Crippen LogP contribution in [0.3, 0.4) is 0 Å². The van der Waals surface area contributed by atoms with Crippen molar-refractivity contribution in [1.82, 2.24) is 36.0 Å². The number of unbranched alkanes of at least 4 members (excludes halogenated alkanes) is 6. The van der Waals surface area contributed by atoms with Gasteiger partial charge in [-0.2, -0.15) is 0 Å². The first-order valence-electron chi connectivity index (χ1n) is 19.6. The van der Waals surface area contributed by atoms with Crippen molar-refractivity contribution in [2.24, 2.45) is 11.3 Å². The molecular formula is C37H65N7O11. The summed E-state index contributed by atoms with van der Waals surface area (Å²) in [5.74, 6) is -3.33. The molecule has 0 spiro atoms. The molecule has 8 amide bonds. The van der Waals surface area contributed by atoms with E-state index in [1.807, 2.05) is 20.8 Å². The van der Waals surface area contributed by atoms with Gasteiger partial charge in [-0.3, -0.25) is 58.9 Å². The van der Waals surface area contributed by atoms with E-state index in [1.54, 1.807) is 0 Å². The smallest absolute Gasteiger partial charge is 0.246 e. The molecule has 0 saturated carbocycles. The van der Waals surface area contributed by atoms with Crippen LogP contribution in [0.4, 0.5) is 0 Å². The van der Waals surface area contributed by atoms with Crippen LogP contribution < -0.4 is 16.0 Å². The fraction of sp³-hybridized carbons (Fsp3) is 0.784. The summed E-state index contributed by atoms with van der Waals surface area (Å²) in [4.78, 5) is 97.7. The maximum atomic E-state index is 12.7. The molecule has 1 aliphatic rings. The summed E-state index contributed by atoms with van der Waals surface area (Å²) >= 11 is 0. The topological polar surface area (TPSA) is 246 Å². The van der Waals surface area contributed by atoms with Crippen LogP contribution in [-0.4, -0.2) is 129 Å². The first kappa shape index (κ1) is 48.9. The summed E-state index contributed by atoms with van der Waals surface area (Å²) < 4.78 is 0. The van der Waals surface area contributed by atoms with Crippen molar-refractivity contribution >= 4 is 47.3 Å². The van der Waals surface area contributed by atoms with Gasteiger partial charge in [-0.25, -0.2) is 15.2 Å². The van der Waals surface area contributed by atoms with E-state index >= 15 is 0 Å². The third kappa shape index (κ3) is 20.4. The van der Waals surface area contributed by atoms with Crippen molar-refractivity contribution in [1.29, 1.82) is 0 Å². The zero-order valence-electron chi connectivity index (χ0n) is 33.2. The van der Waals surface area contributed by atoms with Crippen molar-refractivity contribution in [2.45, 2.75) is 130 Å². The lowest BCUT2D eigenvalue weighted by atomic mass is 9.76. The standard InChI is InChI=1S/C37H65N7O11/c1-5-37(3,4)29-27-35(51)41(36(29)52)26-19-32(48)40-22-11-8-14-25-44(55)34(50)18-16-31(47)39-21-10-7-13-24-43(54)33(49)17-15-30(46)38-20-9-6-12-23-42(53)28(2)45/h29,53-55H,5-27H2,1-4H3,(H,38,46)(H,39,47)(H,40,48). The van der Waals surface area contributed by atoms with E-state index < -0.39 is 17.7 Å². The van der Waals surface area contributed by atoms with E-state index in [1.165, 1.54) is 11.8 Å². The van der Waals surface area contributed by atoms with Crippen molar-refractivity contribution < 1.29 is 54.0 Å². The van der Waals surface area contributed by atoms with Gasteiger partial charge >= 0.3 is 0 Å². The van der Waals surface area contributed by atoms with Gasteiger partial charge in [-0.1, -0.05) is 27.2 Å². The molecule has 1 unspecified atom stereocenters. The number of hydrogen-bond acceptors (Lipinski definition) is 11. The van der Waals surface area contributed by atoms with Crippen molar-refractivity contribution in [3.05, 3.63) is 0 Å².